The van der Waals surface area contributed by atoms with Gasteiger partial charge in [-0.25, -0.2) is 4.79 Å². The normalized spacial score (nSPS) is 15.2. The third-order valence-electron chi connectivity index (χ3n) is 5.61. The minimum atomic E-state index is -1.18. The highest BCUT2D eigenvalue weighted by Crippen LogP contribution is 2.40. The molecule has 0 unspecified atom stereocenters. The SMILES string of the molecule is CCOC(=O)c1c(N)/c(=C\c2cccc([N+](=O)[O-])c2)c2n1C(=O)[C@@H](c1cccc([N+](=O)[O-])c1)SC=2C(N)=O. The number of primary amides is 1. The molecule has 0 bridgehead atoms. The van der Waals surface area contributed by atoms with E-state index in [9.17, 15) is 34.6 Å². The summed E-state index contributed by atoms with van der Waals surface area (Å²) >= 11 is 0.757. The molecule has 1 atom stereocenters. The van der Waals surface area contributed by atoms with Crippen LogP contribution in [0.4, 0.5) is 17.1 Å². The Balaban J connectivity index is 2.07. The van der Waals surface area contributed by atoms with Crippen LogP contribution in [-0.4, -0.2) is 38.8 Å². The molecule has 14 heteroatoms. The molecule has 0 aliphatic carbocycles. The fourth-order valence-electron chi connectivity index (χ4n) is 4.02. The molecular formula is C24H19N5O8S. The van der Waals surface area contributed by atoms with Crippen LogP contribution in [0.5, 0.6) is 0 Å². The number of nitro benzene ring substituents is 2. The summed E-state index contributed by atoms with van der Waals surface area (Å²) in [5.74, 6) is -2.61. The van der Waals surface area contributed by atoms with Crippen LogP contribution in [-0.2, 0) is 9.53 Å². The van der Waals surface area contributed by atoms with Crippen LogP contribution in [0, 0.1) is 20.2 Å². The zero-order chi connectivity index (χ0) is 27.7. The van der Waals surface area contributed by atoms with E-state index in [2.05, 4.69) is 0 Å². The Hall–Kier alpha value is -4.98. The number of thioether (sulfide) groups is 1. The van der Waals surface area contributed by atoms with E-state index in [0.717, 1.165) is 16.3 Å². The van der Waals surface area contributed by atoms with Gasteiger partial charge < -0.3 is 16.2 Å². The van der Waals surface area contributed by atoms with E-state index in [1.165, 1.54) is 54.6 Å². The summed E-state index contributed by atoms with van der Waals surface area (Å²) in [4.78, 5) is 60.5. The fourth-order valence-corrected chi connectivity index (χ4v) is 5.18. The summed E-state index contributed by atoms with van der Waals surface area (Å²) in [6, 6.07) is 10.8. The number of carbonyl (C=O) groups is 3. The van der Waals surface area contributed by atoms with Gasteiger partial charge in [-0.05, 0) is 24.1 Å². The number of ether oxygens (including phenoxy) is 1. The van der Waals surface area contributed by atoms with E-state index in [1.54, 1.807) is 6.92 Å². The molecule has 4 N–H and O–H groups in total. The van der Waals surface area contributed by atoms with Gasteiger partial charge in [0.05, 0.1) is 32.4 Å². The molecule has 2 aromatic carbocycles. The van der Waals surface area contributed by atoms with Crippen molar-refractivity contribution in [3.63, 3.8) is 0 Å². The maximum Gasteiger partial charge on any atom is 0.357 e. The predicted octanol–water partition coefficient (Wildman–Crippen LogP) is 1.61. The number of anilines is 1. The van der Waals surface area contributed by atoms with Crippen molar-refractivity contribution < 1.29 is 29.0 Å². The van der Waals surface area contributed by atoms with Gasteiger partial charge in [0, 0.05) is 29.5 Å². The molecule has 0 fully saturated rings. The monoisotopic (exact) mass is 537 g/mol. The molecule has 0 radical (unpaired) electrons. The van der Waals surface area contributed by atoms with Gasteiger partial charge in [0.1, 0.15) is 5.25 Å². The molecule has 2 heterocycles. The number of aromatic nitrogens is 1. The topological polar surface area (TPSA) is 204 Å². The van der Waals surface area contributed by atoms with Crippen LogP contribution in [0.3, 0.4) is 0 Å². The first kappa shape index (κ1) is 26.1. The van der Waals surface area contributed by atoms with Gasteiger partial charge in [0.15, 0.2) is 5.69 Å². The summed E-state index contributed by atoms with van der Waals surface area (Å²) in [7, 11) is 0. The number of nitrogen functional groups attached to an aromatic ring is 1. The van der Waals surface area contributed by atoms with Crippen molar-refractivity contribution in [1.29, 1.82) is 0 Å². The number of non-ortho nitro benzene ring substituents is 2. The van der Waals surface area contributed by atoms with Crippen LogP contribution in [0.2, 0.25) is 0 Å². The van der Waals surface area contributed by atoms with Gasteiger partial charge in [-0.1, -0.05) is 36.0 Å². The molecule has 0 saturated carbocycles. The lowest BCUT2D eigenvalue weighted by atomic mass is 10.1. The highest BCUT2D eigenvalue weighted by Gasteiger charge is 2.37. The number of nitrogens with two attached hydrogens (primary N) is 2. The third kappa shape index (κ3) is 4.59. The van der Waals surface area contributed by atoms with Crippen LogP contribution < -0.4 is 22.0 Å². The smallest absolute Gasteiger partial charge is 0.357 e. The fraction of sp³-hybridized carbons (Fsp3) is 0.125. The molecule has 38 heavy (non-hydrogen) atoms. The van der Waals surface area contributed by atoms with Crippen LogP contribution in [0.25, 0.3) is 11.0 Å². The quantitative estimate of drug-likeness (QED) is 0.253. The van der Waals surface area contributed by atoms with E-state index in [-0.39, 0.29) is 50.4 Å². The third-order valence-corrected chi connectivity index (χ3v) is 6.95. The number of hydrogen-bond acceptors (Lipinski definition) is 10. The number of nitro groups is 2. The Bertz CT molecular complexity index is 1660. The molecule has 0 spiro atoms. The molecule has 194 valence electrons. The second kappa shape index (κ2) is 10.2. The van der Waals surface area contributed by atoms with Gasteiger partial charge >= 0.3 is 5.97 Å². The predicted molar refractivity (Wildman–Crippen MR) is 137 cm³/mol. The maximum absolute atomic E-state index is 13.8. The number of esters is 1. The second-order valence-corrected chi connectivity index (χ2v) is 9.07. The summed E-state index contributed by atoms with van der Waals surface area (Å²) in [6.07, 6.45) is 1.39. The number of fused-ring (bicyclic) bond motifs is 1. The molecule has 1 aliphatic rings. The molecule has 4 rings (SSSR count). The van der Waals surface area contributed by atoms with Crippen LogP contribution in [0.15, 0.2) is 48.5 Å². The zero-order valence-corrected chi connectivity index (χ0v) is 20.5. The lowest BCUT2D eigenvalue weighted by Crippen LogP contribution is -2.43. The minimum absolute atomic E-state index is 0.0493. The van der Waals surface area contributed by atoms with Gasteiger partial charge in [-0.15, -0.1) is 0 Å². The highest BCUT2D eigenvalue weighted by atomic mass is 32.2. The first-order valence-electron chi connectivity index (χ1n) is 11.0. The van der Waals surface area contributed by atoms with Crippen LogP contribution >= 0.6 is 11.8 Å². The number of carbonyl (C=O) groups excluding carboxylic acids is 3. The van der Waals surface area contributed by atoms with E-state index in [0.29, 0.717) is 5.56 Å². The van der Waals surface area contributed by atoms with Gasteiger partial charge in [0.25, 0.3) is 17.3 Å². The first-order chi connectivity index (χ1) is 18.0. The van der Waals surface area contributed by atoms with Gasteiger partial charge in [-0.3, -0.25) is 34.4 Å². The minimum Gasteiger partial charge on any atom is -0.461 e. The number of rotatable bonds is 7. The first-order valence-corrected chi connectivity index (χ1v) is 11.9. The molecule has 1 aromatic heterocycles. The molecule has 3 aromatic rings. The van der Waals surface area contributed by atoms with Crippen molar-refractivity contribution in [2.24, 2.45) is 5.73 Å². The van der Waals surface area contributed by atoms with Crippen molar-refractivity contribution in [1.82, 2.24) is 4.57 Å². The summed E-state index contributed by atoms with van der Waals surface area (Å²) < 4.78 is 6.04. The van der Waals surface area contributed by atoms with Crippen molar-refractivity contribution in [3.8, 4) is 0 Å². The average molecular weight is 538 g/mol. The Morgan fingerprint density at radius 1 is 1.11 bits per heavy atom. The van der Waals surface area contributed by atoms with E-state index >= 15 is 0 Å². The van der Waals surface area contributed by atoms with E-state index < -0.39 is 32.9 Å². The molecule has 13 nitrogen and oxygen atoms in total. The summed E-state index contributed by atoms with van der Waals surface area (Å²) in [6.45, 7) is 1.50. The van der Waals surface area contributed by atoms with E-state index in [4.69, 9.17) is 16.2 Å². The molecule has 0 saturated heterocycles. The Morgan fingerprint density at radius 2 is 1.74 bits per heavy atom. The van der Waals surface area contributed by atoms with E-state index in [1.807, 2.05) is 0 Å². The number of hydrogen-bond donors (Lipinski definition) is 2. The summed E-state index contributed by atoms with van der Waals surface area (Å²) in [5, 5.41) is 21.3. The lowest BCUT2D eigenvalue weighted by Gasteiger charge is -2.23. The second-order valence-electron chi connectivity index (χ2n) is 7.96. The number of nitrogens with zero attached hydrogens (tertiary/aromatic N) is 3. The summed E-state index contributed by atoms with van der Waals surface area (Å²) in [5.41, 5.74) is 11.4. The number of amides is 1. The molecule has 1 amide bonds. The molecule has 1 aliphatic heterocycles. The van der Waals surface area contributed by atoms with Crippen LogP contribution in [0.1, 0.15) is 38.6 Å². The highest BCUT2D eigenvalue weighted by molar-refractivity contribution is 8.10. The van der Waals surface area contributed by atoms with Gasteiger partial charge in [-0.2, -0.15) is 0 Å². The largest absolute Gasteiger partial charge is 0.461 e. The zero-order valence-electron chi connectivity index (χ0n) is 19.7. The molecular weight excluding hydrogens is 518 g/mol. The standard InChI is InChI=1S/C24H19N5O8S/c1-2-37-24(32)19-17(25)16(10-12-5-3-7-14(9-12)28(33)34)18-21(22(26)30)38-20(23(31)27(18)19)13-6-4-8-15(11-13)29(35)36/h3-11,20H,2,25H2,1H3,(H2,26,30)/b16-10+/t20-/m1/s1. The Labute approximate surface area is 217 Å². The van der Waals surface area contributed by atoms with Gasteiger partial charge in [0.2, 0.25) is 5.91 Å². The number of benzene rings is 2. The lowest BCUT2D eigenvalue weighted by molar-refractivity contribution is -0.385. The van der Waals surface area contributed by atoms with Crippen molar-refractivity contribution in [2.45, 2.75) is 12.2 Å². The maximum atomic E-state index is 13.8. The Morgan fingerprint density at radius 3 is 2.34 bits per heavy atom. The Kier molecular flexibility index (Phi) is 6.99. The van der Waals surface area contributed by atoms with Crippen molar-refractivity contribution in [3.05, 3.63) is 96.1 Å². The van der Waals surface area contributed by atoms with Crippen molar-refractivity contribution >= 4 is 57.6 Å². The average Bonchev–Trinajstić information content (AvgIpc) is 3.16. The van der Waals surface area contributed by atoms with Crippen molar-refractivity contribution in [2.75, 3.05) is 12.3 Å².